The molecule has 0 bridgehead atoms. The monoisotopic (exact) mass is 239 g/mol. The topological polar surface area (TPSA) is 29.1 Å². The minimum Gasteiger partial charge on any atom is -0.326 e. The Morgan fingerprint density at radius 3 is 2.39 bits per heavy atom. The van der Waals surface area contributed by atoms with Gasteiger partial charge in [0.2, 0.25) is 5.91 Å². The van der Waals surface area contributed by atoms with E-state index in [1.807, 2.05) is 24.3 Å². The maximum absolute atomic E-state index is 11.2. The zero-order valence-corrected chi connectivity index (χ0v) is 10.7. The minimum absolute atomic E-state index is 0.0358. The molecular weight excluding hydrogens is 222 g/mol. The Balaban J connectivity index is 2.23. The molecule has 2 heteroatoms. The van der Waals surface area contributed by atoms with Crippen LogP contribution in [0.4, 0.5) is 5.69 Å². The van der Waals surface area contributed by atoms with Crippen LogP contribution in [0.3, 0.4) is 0 Å². The van der Waals surface area contributed by atoms with Crippen LogP contribution in [0.5, 0.6) is 0 Å². The van der Waals surface area contributed by atoms with Crippen LogP contribution in [0.25, 0.3) is 0 Å². The quantitative estimate of drug-likeness (QED) is 0.872. The molecule has 2 aromatic rings. The number of hydrogen-bond donors (Lipinski definition) is 1. The number of benzene rings is 2. The first-order chi connectivity index (χ1) is 8.65. The van der Waals surface area contributed by atoms with E-state index in [0.29, 0.717) is 0 Å². The van der Waals surface area contributed by atoms with E-state index in [1.54, 1.807) is 0 Å². The summed E-state index contributed by atoms with van der Waals surface area (Å²) in [7, 11) is 0. The van der Waals surface area contributed by atoms with Crippen molar-refractivity contribution in [3.05, 3.63) is 65.2 Å². The molecule has 0 aliphatic heterocycles. The third kappa shape index (κ3) is 3.20. The van der Waals surface area contributed by atoms with Crippen LogP contribution in [-0.4, -0.2) is 5.91 Å². The van der Waals surface area contributed by atoms with Gasteiger partial charge in [0.25, 0.3) is 0 Å². The molecule has 2 nitrogen and oxygen atoms in total. The molecule has 0 spiro atoms. The zero-order valence-electron chi connectivity index (χ0n) is 10.7. The highest BCUT2D eigenvalue weighted by Crippen LogP contribution is 2.19. The largest absolute Gasteiger partial charge is 0.326 e. The van der Waals surface area contributed by atoms with E-state index in [9.17, 15) is 4.79 Å². The molecular formula is C16H17NO. The van der Waals surface area contributed by atoms with Gasteiger partial charge in [0.15, 0.2) is 0 Å². The van der Waals surface area contributed by atoms with Crippen LogP contribution in [0.1, 0.15) is 23.6 Å². The van der Waals surface area contributed by atoms with Crippen LogP contribution in [0, 0.1) is 6.92 Å². The molecule has 1 amide bonds. The summed E-state index contributed by atoms with van der Waals surface area (Å²) < 4.78 is 0. The molecule has 2 rings (SSSR count). The smallest absolute Gasteiger partial charge is 0.221 e. The van der Waals surface area contributed by atoms with Crippen molar-refractivity contribution in [1.29, 1.82) is 0 Å². The molecule has 1 N–H and O–H groups in total. The number of amides is 1. The van der Waals surface area contributed by atoms with Gasteiger partial charge < -0.3 is 5.32 Å². The maximum Gasteiger partial charge on any atom is 0.221 e. The van der Waals surface area contributed by atoms with E-state index in [2.05, 4.69) is 36.5 Å². The summed E-state index contributed by atoms with van der Waals surface area (Å²) in [5.74, 6) is -0.0358. The number of rotatable bonds is 3. The lowest BCUT2D eigenvalue weighted by molar-refractivity contribution is -0.114. The SMILES string of the molecule is CC(=O)Nc1ccccc1Cc1ccc(C)cc1. The second kappa shape index (κ2) is 5.50. The summed E-state index contributed by atoms with van der Waals surface area (Å²) in [6.45, 7) is 3.61. The molecule has 0 atom stereocenters. The minimum atomic E-state index is -0.0358. The summed E-state index contributed by atoms with van der Waals surface area (Å²) in [5, 5.41) is 2.87. The maximum atomic E-state index is 11.2. The van der Waals surface area contributed by atoms with Gasteiger partial charge in [-0.05, 0) is 30.5 Å². The number of para-hydroxylation sites is 1. The Morgan fingerprint density at radius 1 is 1.06 bits per heavy atom. The summed E-state index contributed by atoms with van der Waals surface area (Å²) in [6, 6.07) is 16.4. The Morgan fingerprint density at radius 2 is 1.72 bits per heavy atom. The lowest BCUT2D eigenvalue weighted by Gasteiger charge is -2.10. The highest BCUT2D eigenvalue weighted by molar-refractivity contribution is 5.89. The van der Waals surface area contributed by atoms with Gasteiger partial charge in [0, 0.05) is 12.6 Å². The van der Waals surface area contributed by atoms with E-state index in [0.717, 1.165) is 17.7 Å². The number of anilines is 1. The summed E-state index contributed by atoms with van der Waals surface area (Å²) >= 11 is 0. The highest BCUT2D eigenvalue weighted by Gasteiger charge is 2.04. The lowest BCUT2D eigenvalue weighted by Crippen LogP contribution is -2.08. The number of hydrogen-bond acceptors (Lipinski definition) is 1. The lowest BCUT2D eigenvalue weighted by atomic mass is 10.0. The van der Waals surface area contributed by atoms with Gasteiger partial charge in [0.1, 0.15) is 0 Å². The van der Waals surface area contributed by atoms with Gasteiger partial charge in [-0.1, -0.05) is 48.0 Å². The standard InChI is InChI=1S/C16H17NO/c1-12-7-9-14(10-8-12)11-15-5-3-4-6-16(15)17-13(2)18/h3-10H,11H2,1-2H3,(H,17,18). The summed E-state index contributed by atoms with van der Waals surface area (Å²) in [4.78, 5) is 11.2. The van der Waals surface area contributed by atoms with E-state index >= 15 is 0 Å². The van der Waals surface area contributed by atoms with E-state index in [1.165, 1.54) is 18.1 Å². The van der Waals surface area contributed by atoms with Crippen molar-refractivity contribution in [3.8, 4) is 0 Å². The van der Waals surface area contributed by atoms with Gasteiger partial charge in [-0.15, -0.1) is 0 Å². The molecule has 0 fully saturated rings. The molecule has 0 aliphatic carbocycles. The predicted octanol–water partition coefficient (Wildman–Crippen LogP) is 3.54. The van der Waals surface area contributed by atoms with Gasteiger partial charge >= 0.3 is 0 Å². The molecule has 0 saturated heterocycles. The first kappa shape index (κ1) is 12.4. The molecule has 92 valence electrons. The first-order valence-corrected chi connectivity index (χ1v) is 6.06. The number of nitrogens with one attached hydrogen (secondary N) is 1. The predicted molar refractivity (Wildman–Crippen MR) is 74.7 cm³/mol. The first-order valence-electron chi connectivity index (χ1n) is 6.06. The molecule has 18 heavy (non-hydrogen) atoms. The van der Waals surface area contributed by atoms with Gasteiger partial charge in [0.05, 0.1) is 0 Å². The fourth-order valence-corrected chi connectivity index (χ4v) is 1.91. The molecule has 0 aromatic heterocycles. The molecule has 0 heterocycles. The van der Waals surface area contributed by atoms with Crippen LogP contribution in [0.2, 0.25) is 0 Å². The second-order valence-corrected chi connectivity index (χ2v) is 4.50. The number of carbonyl (C=O) groups excluding carboxylic acids is 1. The van der Waals surface area contributed by atoms with Crippen LogP contribution in [-0.2, 0) is 11.2 Å². The van der Waals surface area contributed by atoms with Crippen LogP contribution < -0.4 is 5.32 Å². The molecule has 0 saturated carbocycles. The fourth-order valence-electron chi connectivity index (χ4n) is 1.91. The van der Waals surface area contributed by atoms with Crippen molar-refractivity contribution in [2.75, 3.05) is 5.32 Å². The van der Waals surface area contributed by atoms with Crippen molar-refractivity contribution < 1.29 is 4.79 Å². The van der Waals surface area contributed by atoms with Crippen LogP contribution >= 0.6 is 0 Å². The van der Waals surface area contributed by atoms with Crippen molar-refractivity contribution in [1.82, 2.24) is 0 Å². The average Bonchev–Trinajstić information content (AvgIpc) is 2.34. The second-order valence-electron chi connectivity index (χ2n) is 4.50. The van der Waals surface area contributed by atoms with Crippen molar-refractivity contribution in [3.63, 3.8) is 0 Å². The highest BCUT2D eigenvalue weighted by atomic mass is 16.1. The Labute approximate surface area is 108 Å². The van der Waals surface area contributed by atoms with Gasteiger partial charge in [-0.2, -0.15) is 0 Å². The molecule has 0 radical (unpaired) electrons. The summed E-state index contributed by atoms with van der Waals surface area (Å²) in [6.07, 6.45) is 0.830. The van der Waals surface area contributed by atoms with Crippen molar-refractivity contribution >= 4 is 11.6 Å². The number of carbonyl (C=O) groups is 1. The zero-order chi connectivity index (χ0) is 13.0. The Kier molecular flexibility index (Phi) is 3.78. The van der Waals surface area contributed by atoms with Crippen molar-refractivity contribution in [2.24, 2.45) is 0 Å². The average molecular weight is 239 g/mol. The molecule has 0 unspecified atom stereocenters. The van der Waals surface area contributed by atoms with E-state index in [-0.39, 0.29) is 5.91 Å². The van der Waals surface area contributed by atoms with Crippen LogP contribution in [0.15, 0.2) is 48.5 Å². The van der Waals surface area contributed by atoms with E-state index < -0.39 is 0 Å². The third-order valence-corrected chi connectivity index (χ3v) is 2.84. The fraction of sp³-hybridized carbons (Fsp3) is 0.188. The number of aryl methyl sites for hydroxylation is 1. The Bertz CT molecular complexity index is 543. The Hall–Kier alpha value is -2.09. The van der Waals surface area contributed by atoms with Gasteiger partial charge in [-0.3, -0.25) is 4.79 Å². The normalized spacial score (nSPS) is 10.1. The summed E-state index contributed by atoms with van der Waals surface area (Å²) in [5.41, 5.74) is 4.54. The molecule has 0 aliphatic rings. The van der Waals surface area contributed by atoms with Gasteiger partial charge in [-0.25, -0.2) is 0 Å². The van der Waals surface area contributed by atoms with Crippen molar-refractivity contribution in [2.45, 2.75) is 20.3 Å². The van der Waals surface area contributed by atoms with E-state index in [4.69, 9.17) is 0 Å². The molecule has 2 aromatic carbocycles. The third-order valence-electron chi connectivity index (χ3n) is 2.84.